The highest BCUT2D eigenvalue weighted by molar-refractivity contribution is 6.30. The number of phenols is 1. The number of hydrogen-bond acceptors (Lipinski definition) is 4. The Labute approximate surface area is 159 Å². The van der Waals surface area contributed by atoms with Crippen molar-refractivity contribution in [1.82, 2.24) is 5.32 Å². The van der Waals surface area contributed by atoms with Gasteiger partial charge >= 0.3 is 0 Å². The Morgan fingerprint density at radius 1 is 1.20 bits per heavy atom. The topological polar surface area (TPSA) is 61.7 Å². The van der Waals surface area contributed by atoms with Crippen LogP contribution in [0.2, 0.25) is 5.02 Å². The molecular weight excluding hydrogens is 361 g/mol. The van der Waals surface area contributed by atoms with E-state index in [0.717, 1.165) is 19.3 Å². The Hall–Kier alpha value is -1.46. The number of halogens is 2. The molecule has 0 bridgehead atoms. The summed E-state index contributed by atoms with van der Waals surface area (Å²) in [5.74, 6) is 0.966. The lowest BCUT2D eigenvalue weighted by Gasteiger charge is -2.26. The average Bonchev–Trinajstić information content (AvgIpc) is 2.58. The normalized spacial score (nSPS) is 17.3. The lowest BCUT2D eigenvalue weighted by Crippen LogP contribution is -2.40. The van der Waals surface area contributed by atoms with Gasteiger partial charge in [-0.15, -0.1) is 12.4 Å². The van der Waals surface area contributed by atoms with Crippen molar-refractivity contribution in [3.05, 3.63) is 58.6 Å². The molecule has 3 N–H and O–H groups in total. The molecular formula is C19H23Cl2NO3. The molecule has 6 heteroatoms. The summed E-state index contributed by atoms with van der Waals surface area (Å²) in [7, 11) is 0. The lowest BCUT2D eigenvalue weighted by atomic mass is 9.88. The number of aliphatic hydroxyl groups is 1. The molecule has 0 aliphatic heterocycles. The van der Waals surface area contributed by atoms with Gasteiger partial charge in [0.25, 0.3) is 0 Å². The van der Waals surface area contributed by atoms with Gasteiger partial charge in [0.2, 0.25) is 0 Å². The first-order chi connectivity index (χ1) is 11.6. The van der Waals surface area contributed by atoms with Crippen molar-refractivity contribution in [2.45, 2.75) is 31.4 Å². The molecule has 136 valence electrons. The number of rotatable bonds is 6. The number of hydrogen-bond donors (Lipinski definition) is 3. The summed E-state index contributed by atoms with van der Waals surface area (Å²) < 4.78 is 5.55. The molecule has 0 spiro atoms. The van der Waals surface area contributed by atoms with Gasteiger partial charge in [-0.05, 0) is 60.7 Å². The molecule has 2 aromatic carbocycles. The SMILES string of the molecule is Cl.Oc1ccc2c(c1)CC(NCC(O)COc1cccc(Cl)c1)CC2. The van der Waals surface area contributed by atoms with E-state index in [1.54, 1.807) is 18.2 Å². The molecule has 0 radical (unpaired) electrons. The largest absolute Gasteiger partial charge is 0.508 e. The summed E-state index contributed by atoms with van der Waals surface area (Å²) in [4.78, 5) is 0. The van der Waals surface area contributed by atoms with Crippen LogP contribution in [0.1, 0.15) is 17.5 Å². The highest BCUT2D eigenvalue weighted by Gasteiger charge is 2.19. The van der Waals surface area contributed by atoms with Crippen LogP contribution in [0.4, 0.5) is 0 Å². The first kappa shape index (κ1) is 19.9. The van der Waals surface area contributed by atoms with Crippen molar-refractivity contribution >= 4 is 24.0 Å². The number of benzene rings is 2. The van der Waals surface area contributed by atoms with Crippen molar-refractivity contribution in [1.29, 1.82) is 0 Å². The first-order valence-electron chi connectivity index (χ1n) is 8.21. The predicted octanol–water partition coefficient (Wildman–Crippen LogP) is 3.35. The molecule has 2 unspecified atom stereocenters. The summed E-state index contributed by atoms with van der Waals surface area (Å²) in [6.07, 6.45) is 2.29. The second kappa shape index (κ2) is 9.30. The van der Waals surface area contributed by atoms with Crippen LogP contribution >= 0.6 is 24.0 Å². The highest BCUT2D eigenvalue weighted by Crippen LogP contribution is 2.25. The number of ether oxygens (including phenoxy) is 1. The van der Waals surface area contributed by atoms with E-state index >= 15 is 0 Å². The molecule has 3 rings (SSSR count). The number of fused-ring (bicyclic) bond motifs is 1. The molecule has 0 saturated carbocycles. The maximum atomic E-state index is 10.1. The van der Waals surface area contributed by atoms with Crippen molar-refractivity contribution in [2.24, 2.45) is 0 Å². The summed E-state index contributed by atoms with van der Waals surface area (Å²) in [5, 5.41) is 23.7. The highest BCUT2D eigenvalue weighted by atomic mass is 35.5. The van der Waals surface area contributed by atoms with Crippen LogP contribution in [0.15, 0.2) is 42.5 Å². The third-order valence-electron chi connectivity index (χ3n) is 4.30. The van der Waals surface area contributed by atoms with Gasteiger partial charge in [0, 0.05) is 17.6 Å². The predicted molar refractivity (Wildman–Crippen MR) is 102 cm³/mol. The molecule has 0 saturated heterocycles. The fourth-order valence-corrected chi connectivity index (χ4v) is 3.21. The minimum atomic E-state index is -0.588. The zero-order valence-corrected chi connectivity index (χ0v) is 15.4. The number of aliphatic hydroxyl groups excluding tert-OH is 1. The van der Waals surface area contributed by atoms with E-state index in [2.05, 4.69) is 5.32 Å². The van der Waals surface area contributed by atoms with E-state index in [4.69, 9.17) is 16.3 Å². The van der Waals surface area contributed by atoms with Gasteiger partial charge in [-0.25, -0.2) is 0 Å². The maximum absolute atomic E-state index is 10.1. The Morgan fingerprint density at radius 2 is 2.04 bits per heavy atom. The first-order valence-corrected chi connectivity index (χ1v) is 8.58. The smallest absolute Gasteiger partial charge is 0.120 e. The molecule has 0 amide bonds. The quantitative estimate of drug-likeness (QED) is 0.715. The van der Waals surface area contributed by atoms with Gasteiger partial charge in [-0.3, -0.25) is 0 Å². The van der Waals surface area contributed by atoms with E-state index < -0.39 is 6.10 Å². The molecule has 2 aromatic rings. The number of phenolic OH excluding ortho intramolecular Hbond substituents is 1. The van der Waals surface area contributed by atoms with E-state index in [0.29, 0.717) is 29.1 Å². The monoisotopic (exact) mass is 383 g/mol. The molecule has 1 aliphatic carbocycles. The van der Waals surface area contributed by atoms with Crippen LogP contribution in [0.3, 0.4) is 0 Å². The van der Waals surface area contributed by atoms with Gasteiger partial charge in [-0.2, -0.15) is 0 Å². The van der Waals surface area contributed by atoms with Crippen LogP contribution in [0, 0.1) is 0 Å². The Morgan fingerprint density at radius 3 is 2.84 bits per heavy atom. The third kappa shape index (κ3) is 5.79. The molecule has 25 heavy (non-hydrogen) atoms. The molecule has 4 nitrogen and oxygen atoms in total. The van der Waals surface area contributed by atoms with Gasteiger partial charge in [-0.1, -0.05) is 23.7 Å². The van der Waals surface area contributed by atoms with Crippen LogP contribution in [-0.2, 0) is 12.8 Å². The molecule has 0 fully saturated rings. The van der Waals surface area contributed by atoms with E-state index in [1.165, 1.54) is 11.1 Å². The van der Waals surface area contributed by atoms with Gasteiger partial charge in [0.15, 0.2) is 0 Å². The van der Waals surface area contributed by atoms with Crippen LogP contribution in [0.25, 0.3) is 0 Å². The second-order valence-electron chi connectivity index (χ2n) is 6.22. The summed E-state index contributed by atoms with van der Waals surface area (Å²) in [5.41, 5.74) is 2.49. The molecule has 0 aromatic heterocycles. The van der Waals surface area contributed by atoms with Crippen molar-refractivity contribution in [2.75, 3.05) is 13.2 Å². The number of nitrogens with one attached hydrogen (secondary N) is 1. The van der Waals surface area contributed by atoms with E-state index in [9.17, 15) is 10.2 Å². The Balaban J connectivity index is 0.00000225. The fraction of sp³-hybridized carbons (Fsp3) is 0.368. The lowest BCUT2D eigenvalue weighted by molar-refractivity contribution is 0.103. The average molecular weight is 384 g/mol. The number of aromatic hydroxyl groups is 1. The standard InChI is InChI=1S/C19H22ClNO3.ClH/c20-15-2-1-3-19(10-15)24-12-18(23)11-21-16-6-4-13-5-7-17(22)9-14(13)8-16;/h1-3,5,7,9-10,16,18,21-23H,4,6,8,11-12H2;1H. The molecule has 2 atom stereocenters. The third-order valence-corrected chi connectivity index (χ3v) is 4.53. The second-order valence-corrected chi connectivity index (χ2v) is 6.66. The fourth-order valence-electron chi connectivity index (χ4n) is 3.03. The zero-order chi connectivity index (χ0) is 16.9. The molecule has 1 aliphatic rings. The van der Waals surface area contributed by atoms with Crippen LogP contribution < -0.4 is 10.1 Å². The zero-order valence-electron chi connectivity index (χ0n) is 13.8. The van der Waals surface area contributed by atoms with Crippen molar-refractivity contribution in [3.8, 4) is 11.5 Å². The van der Waals surface area contributed by atoms with Gasteiger partial charge < -0.3 is 20.3 Å². The number of aryl methyl sites for hydroxylation is 1. The van der Waals surface area contributed by atoms with Crippen molar-refractivity contribution < 1.29 is 14.9 Å². The Kier molecular flexibility index (Phi) is 7.38. The summed E-state index contributed by atoms with van der Waals surface area (Å²) >= 11 is 5.90. The van der Waals surface area contributed by atoms with E-state index in [1.807, 2.05) is 24.3 Å². The maximum Gasteiger partial charge on any atom is 0.120 e. The van der Waals surface area contributed by atoms with Crippen molar-refractivity contribution in [3.63, 3.8) is 0 Å². The van der Waals surface area contributed by atoms with Gasteiger partial charge in [0.1, 0.15) is 24.2 Å². The van der Waals surface area contributed by atoms with E-state index in [-0.39, 0.29) is 19.0 Å². The van der Waals surface area contributed by atoms with Crippen LogP contribution in [0.5, 0.6) is 11.5 Å². The summed E-state index contributed by atoms with van der Waals surface area (Å²) in [6.45, 7) is 0.691. The Bertz CT molecular complexity index is 696. The van der Waals surface area contributed by atoms with Gasteiger partial charge in [0.05, 0.1) is 0 Å². The molecule has 0 heterocycles. The minimum absolute atomic E-state index is 0. The summed E-state index contributed by atoms with van der Waals surface area (Å²) in [6, 6.07) is 13.0. The minimum Gasteiger partial charge on any atom is -0.508 e. The van der Waals surface area contributed by atoms with Crippen LogP contribution in [-0.4, -0.2) is 35.5 Å².